The minimum atomic E-state index is -3.07. The maximum atomic E-state index is 12.7. The standard InChI is InChI=1S/C20H24ClNO4S/c1-14(2)11-20(23)22(17-9-10-27(24,25)13-17)12-18-7-8-19(26-18)15-3-5-16(21)6-4-15/h3-8,14,17H,9-13H2,1-2H3/t17-/m0/s1. The molecule has 1 aliphatic heterocycles. The molecule has 2 aromatic rings. The number of hydrogen-bond donors (Lipinski definition) is 0. The van der Waals surface area contributed by atoms with Crippen LogP contribution in [0, 0.1) is 5.92 Å². The molecule has 3 rings (SSSR count). The number of amides is 1. The van der Waals surface area contributed by atoms with Crippen molar-refractivity contribution in [2.45, 2.75) is 39.3 Å². The number of carbonyl (C=O) groups is 1. The summed E-state index contributed by atoms with van der Waals surface area (Å²) < 4.78 is 29.7. The highest BCUT2D eigenvalue weighted by atomic mass is 35.5. The molecule has 2 heterocycles. The SMILES string of the molecule is CC(C)CC(=O)N(Cc1ccc(-c2ccc(Cl)cc2)o1)[C@H]1CCS(=O)(=O)C1. The van der Waals surface area contributed by atoms with Crippen LogP contribution in [0.3, 0.4) is 0 Å². The number of sulfone groups is 1. The van der Waals surface area contributed by atoms with Crippen molar-refractivity contribution < 1.29 is 17.6 Å². The molecule has 0 bridgehead atoms. The van der Waals surface area contributed by atoms with Crippen LogP contribution in [-0.4, -0.2) is 36.8 Å². The van der Waals surface area contributed by atoms with Crippen LogP contribution in [0.15, 0.2) is 40.8 Å². The van der Waals surface area contributed by atoms with Gasteiger partial charge in [0.15, 0.2) is 9.84 Å². The van der Waals surface area contributed by atoms with Gasteiger partial charge in [-0.2, -0.15) is 0 Å². The Labute approximate surface area is 165 Å². The minimum Gasteiger partial charge on any atom is -0.459 e. The van der Waals surface area contributed by atoms with Crippen molar-refractivity contribution in [2.75, 3.05) is 11.5 Å². The Bertz CT molecular complexity index is 902. The van der Waals surface area contributed by atoms with Gasteiger partial charge in [0.05, 0.1) is 18.1 Å². The first-order valence-electron chi connectivity index (χ1n) is 9.08. The fraction of sp³-hybridized carbons (Fsp3) is 0.450. The molecule has 1 aromatic carbocycles. The zero-order valence-corrected chi connectivity index (χ0v) is 17.1. The Kier molecular flexibility index (Phi) is 5.96. The third kappa shape index (κ3) is 5.14. The van der Waals surface area contributed by atoms with Crippen molar-refractivity contribution in [2.24, 2.45) is 5.92 Å². The quantitative estimate of drug-likeness (QED) is 0.718. The summed E-state index contributed by atoms with van der Waals surface area (Å²) in [6.45, 7) is 4.24. The van der Waals surface area contributed by atoms with Crippen molar-refractivity contribution in [1.29, 1.82) is 0 Å². The van der Waals surface area contributed by atoms with E-state index >= 15 is 0 Å². The summed E-state index contributed by atoms with van der Waals surface area (Å²) in [5.74, 6) is 1.67. The van der Waals surface area contributed by atoms with Crippen LogP contribution in [0.1, 0.15) is 32.4 Å². The molecule has 146 valence electrons. The highest BCUT2D eigenvalue weighted by molar-refractivity contribution is 7.91. The van der Waals surface area contributed by atoms with E-state index in [0.717, 1.165) is 5.56 Å². The first-order chi connectivity index (χ1) is 12.7. The Morgan fingerprint density at radius 2 is 1.93 bits per heavy atom. The number of nitrogens with zero attached hydrogens (tertiary/aromatic N) is 1. The summed E-state index contributed by atoms with van der Waals surface area (Å²) in [5, 5.41) is 0.651. The van der Waals surface area contributed by atoms with E-state index in [-0.39, 0.29) is 35.9 Å². The van der Waals surface area contributed by atoms with Crippen molar-refractivity contribution in [1.82, 2.24) is 4.90 Å². The topological polar surface area (TPSA) is 67.6 Å². The van der Waals surface area contributed by atoms with Crippen molar-refractivity contribution in [3.63, 3.8) is 0 Å². The smallest absolute Gasteiger partial charge is 0.223 e. The first-order valence-corrected chi connectivity index (χ1v) is 11.3. The molecular weight excluding hydrogens is 386 g/mol. The van der Waals surface area contributed by atoms with Gasteiger partial charge in [-0.05, 0) is 48.7 Å². The maximum absolute atomic E-state index is 12.7. The molecular formula is C20H24ClNO4S. The van der Waals surface area contributed by atoms with Crippen LogP contribution in [0.4, 0.5) is 0 Å². The van der Waals surface area contributed by atoms with Crippen LogP contribution < -0.4 is 0 Å². The molecule has 0 saturated carbocycles. The lowest BCUT2D eigenvalue weighted by molar-refractivity contribution is -0.134. The Morgan fingerprint density at radius 3 is 2.52 bits per heavy atom. The second-order valence-corrected chi connectivity index (χ2v) is 10.1. The number of benzene rings is 1. The average molecular weight is 410 g/mol. The van der Waals surface area contributed by atoms with E-state index < -0.39 is 9.84 Å². The zero-order chi connectivity index (χ0) is 19.6. The number of furan rings is 1. The van der Waals surface area contributed by atoms with E-state index in [9.17, 15) is 13.2 Å². The molecule has 0 spiro atoms. The number of hydrogen-bond acceptors (Lipinski definition) is 4. The fourth-order valence-electron chi connectivity index (χ4n) is 3.31. The van der Waals surface area contributed by atoms with Crippen molar-refractivity contribution in [3.8, 4) is 11.3 Å². The molecule has 1 atom stereocenters. The first kappa shape index (κ1) is 20.0. The predicted octanol–water partition coefficient (Wildman–Crippen LogP) is 4.16. The average Bonchev–Trinajstić information content (AvgIpc) is 3.19. The van der Waals surface area contributed by atoms with Gasteiger partial charge in [-0.1, -0.05) is 25.4 Å². The van der Waals surface area contributed by atoms with E-state index in [1.54, 1.807) is 17.0 Å². The molecule has 1 saturated heterocycles. The van der Waals surface area contributed by atoms with Crippen LogP contribution >= 0.6 is 11.6 Å². The van der Waals surface area contributed by atoms with E-state index in [1.807, 2.05) is 38.1 Å². The van der Waals surface area contributed by atoms with E-state index in [1.165, 1.54) is 0 Å². The summed E-state index contributed by atoms with van der Waals surface area (Å²) in [6.07, 6.45) is 0.873. The lowest BCUT2D eigenvalue weighted by Gasteiger charge is -2.28. The van der Waals surface area contributed by atoms with Crippen LogP contribution in [0.5, 0.6) is 0 Å². The fourth-order valence-corrected chi connectivity index (χ4v) is 5.17. The molecule has 0 unspecified atom stereocenters. The second kappa shape index (κ2) is 8.07. The van der Waals surface area contributed by atoms with Crippen LogP contribution in [0.25, 0.3) is 11.3 Å². The molecule has 0 radical (unpaired) electrons. The third-order valence-electron chi connectivity index (χ3n) is 4.67. The molecule has 1 fully saturated rings. The van der Waals surface area contributed by atoms with Gasteiger partial charge in [-0.15, -0.1) is 0 Å². The van der Waals surface area contributed by atoms with Gasteiger partial charge in [0.1, 0.15) is 11.5 Å². The Balaban J connectivity index is 1.79. The molecule has 5 nitrogen and oxygen atoms in total. The Morgan fingerprint density at radius 1 is 1.22 bits per heavy atom. The van der Waals surface area contributed by atoms with Gasteiger partial charge >= 0.3 is 0 Å². The van der Waals surface area contributed by atoms with Gasteiger partial charge in [0.25, 0.3) is 0 Å². The van der Waals surface area contributed by atoms with Gasteiger partial charge in [-0.25, -0.2) is 8.42 Å². The normalized spacial score (nSPS) is 18.7. The largest absolute Gasteiger partial charge is 0.459 e. The summed E-state index contributed by atoms with van der Waals surface area (Å²) in [4.78, 5) is 14.4. The summed E-state index contributed by atoms with van der Waals surface area (Å²) in [6, 6.07) is 10.7. The summed E-state index contributed by atoms with van der Waals surface area (Å²) in [5.41, 5.74) is 0.897. The molecule has 1 aromatic heterocycles. The molecule has 27 heavy (non-hydrogen) atoms. The lowest BCUT2D eigenvalue weighted by atomic mass is 10.1. The molecule has 1 aliphatic rings. The number of carbonyl (C=O) groups excluding carboxylic acids is 1. The molecule has 0 aliphatic carbocycles. The molecule has 7 heteroatoms. The predicted molar refractivity (Wildman–Crippen MR) is 106 cm³/mol. The van der Waals surface area contributed by atoms with Gasteiger partial charge < -0.3 is 9.32 Å². The zero-order valence-electron chi connectivity index (χ0n) is 15.5. The number of rotatable bonds is 6. The summed E-state index contributed by atoms with van der Waals surface area (Å²) >= 11 is 5.92. The van der Waals surface area contributed by atoms with Crippen molar-refractivity contribution >= 4 is 27.3 Å². The third-order valence-corrected chi connectivity index (χ3v) is 6.67. The second-order valence-electron chi connectivity index (χ2n) is 7.45. The maximum Gasteiger partial charge on any atom is 0.223 e. The van der Waals surface area contributed by atoms with Crippen LogP contribution in [-0.2, 0) is 21.2 Å². The van der Waals surface area contributed by atoms with E-state index in [2.05, 4.69) is 0 Å². The van der Waals surface area contributed by atoms with E-state index in [0.29, 0.717) is 29.4 Å². The van der Waals surface area contributed by atoms with Gasteiger partial charge in [0.2, 0.25) is 5.91 Å². The lowest BCUT2D eigenvalue weighted by Crippen LogP contribution is -2.41. The molecule has 1 amide bonds. The highest BCUT2D eigenvalue weighted by Crippen LogP contribution is 2.27. The van der Waals surface area contributed by atoms with Gasteiger partial charge in [-0.3, -0.25) is 4.79 Å². The summed E-state index contributed by atoms with van der Waals surface area (Å²) in [7, 11) is -3.07. The Hall–Kier alpha value is -1.79. The highest BCUT2D eigenvalue weighted by Gasteiger charge is 2.35. The monoisotopic (exact) mass is 409 g/mol. The van der Waals surface area contributed by atoms with E-state index in [4.69, 9.17) is 16.0 Å². The van der Waals surface area contributed by atoms with Gasteiger partial charge in [0, 0.05) is 23.0 Å². The van der Waals surface area contributed by atoms with Crippen LogP contribution in [0.2, 0.25) is 5.02 Å². The van der Waals surface area contributed by atoms with Crippen molar-refractivity contribution in [3.05, 3.63) is 47.2 Å². The number of halogens is 1. The molecule has 0 N–H and O–H groups in total. The minimum absolute atomic E-state index is 0.0294.